The highest BCUT2D eigenvalue weighted by Gasteiger charge is 2.30. The number of nitrogens with one attached hydrogen (secondary N) is 1. The fourth-order valence-electron chi connectivity index (χ4n) is 2.75. The molecular weight excluding hydrogens is 441 g/mol. The van der Waals surface area contributed by atoms with Gasteiger partial charge in [0.25, 0.3) is 0 Å². The van der Waals surface area contributed by atoms with Crippen molar-refractivity contribution in [1.82, 2.24) is 9.55 Å². The Kier molecular flexibility index (Phi) is 6.11. The highest BCUT2D eigenvalue weighted by atomic mass is 32.2. The third-order valence-corrected chi connectivity index (χ3v) is 6.05. The molecule has 0 fully saturated rings. The van der Waals surface area contributed by atoms with Crippen molar-refractivity contribution in [2.75, 3.05) is 11.1 Å². The number of nitrogens with two attached hydrogens (primary N) is 1. The predicted molar refractivity (Wildman–Crippen MR) is 108 cm³/mol. The van der Waals surface area contributed by atoms with E-state index in [1.807, 2.05) is 11.5 Å². The van der Waals surface area contributed by atoms with E-state index in [1.54, 1.807) is 6.07 Å². The number of benzene rings is 2. The molecule has 3 N–H and O–H groups in total. The van der Waals surface area contributed by atoms with Gasteiger partial charge >= 0.3 is 6.18 Å². The van der Waals surface area contributed by atoms with Crippen LogP contribution in [0.15, 0.2) is 52.5 Å². The zero-order chi connectivity index (χ0) is 22.1. The van der Waals surface area contributed by atoms with Crippen LogP contribution < -0.4 is 10.5 Å². The van der Waals surface area contributed by atoms with E-state index in [9.17, 15) is 26.4 Å². The Hall–Kier alpha value is -2.57. The third-order valence-electron chi connectivity index (χ3n) is 4.16. The van der Waals surface area contributed by atoms with Crippen molar-refractivity contribution in [3.8, 4) is 0 Å². The average Bonchev–Trinajstić information content (AvgIpc) is 3.02. The molecule has 7 nitrogen and oxygen atoms in total. The van der Waals surface area contributed by atoms with Crippen LogP contribution in [0.1, 0.15) is 12.5 Å². The molecule has 0 saturated carbocycles. The van der Waals surface area contributed by atoms with Crippen molar-refractivity contribution in [3.63, 3.8) is 0 Å². The van der Waals surface area contributed by atoms with Crippen molar-refractivity contribution < 1.29 is 26.4 Å². The number of halogens is 3. The number of carbonyl (C=O) groups excluding carboxylic acids is 1. The number of rotatable bonds is 6. The number of sulfonamides is 1. The molecule has 3 rings (SSSR count). The molecular formula is C18H17F3N4O3S2. The van der Waals surface area contributed by atoms with Crippen LogP contribution in [0.5, 0.6) is 0 Å². The van der Waals surface area contributed by atoms with E-state index in [2.05, 4.69) is 10.3 Å². The van der Waals surface area contributed by atoms with Gasteiger partial charge < -0.3 is 9.88 Å². The second-order valence-corrected chi connectivity index (χ2v) is 8.75. The highest BCUT2D eigenvalue weighted by molar-refractivity contribution is 7.99. The molecule has 30 heavy (non-hydrogen) atoms. The normalized spacial score (nSPS) is 12.3. The third kappa shape index (κ3) is 4.94. The summed E-state index contributed by atoms with van der Waals surface area (Å²) in [6, 6.07) is 8.49. The van der Waals surface area contributed by atoms with Gasteiger partial charge in [-0.2, -0.15) is 13.2 Å². The number of alkyl halides is 3. The molecule has 1 amide bonds. The van der Waals surface area contributed by atoms with Crippen molar-refractivity contribution in [3.05, 3.63) is 48.0 Å². The molecule has 12 heteroatoms. The van der Waals surface area contributed by atoms with Gasteiger partial charge in [0.05, 0.1) is 27.2 Å². The number of aryl methyl sites for hydroxylation is 1. The SMILES string of the molecule is CCn1c(SCC(=O)Nc2ccc(C(F)(F)F)cc2)nc2cc(S(N)(=O)=O)ccc21. The van der Waals surface area contributed by atoms with Gasteiger partial charge in [-0.1, -0.05) is 11.8 Å². The maximum absolute atomic E-state index is 12.6. The summed E-state index contributed by atoms with van der Waals surface area (Å²) in [5.74, 6) is -0.452. The Morgan fingerprint density at radius 2 is 1.87 bits per heavy atom. The Morgan fingerprint density at radius 1 is 1.20 bits per heavy atom. The molecule has 0 atom stereocenters. The second kappa shape index (κ2) is 8.28. The quantitative estimate of drug-likeness (QED) is 0.550. The summed E-state index contributed by atoms with van der Waals surface area (Å²) in [6.07, 6.45) is -4.44. The molecule has 0 aliphatic rings. The van der Waals surface area contributed by atoms with Gasteiger partial charge in [-0.25, -0.2) is 18.5 Å². The Bertz CT molecular complexity index is 1190. The molecule has 0 saturated heterocycles. The lowest BCUT2D eigenvalue weighted by Gasteiger charge is -2.09. The monoisotopic (exact) mass is 458 g/mol. The first-order valence-electron chi connectivity index (χ1n) is 8.62. The minimum atomic E-state index is -4.44. The Labute approximate surface area is 174 Å². The number of imidazole rings is 1. The van der Waals surface area contributed by atoms with E-state index in [0.717, 1.165) is 23.9 Å². The molecule has 0 unspecified atom stereocenters. The van der Waals surface area contributed by atoms with Crippen molar-refractivity contribution in [1.29, 1.82) is 0 Å². The second-order valence-electron chi connectivity index (χ2n) is 6.25. The number of thioether (sulfide) groups is 1. The van der Waals surface area contributed by atoms with Gasteiger partial charge in [-0.3, -0.25) is 4.79 Å². The number of hydrogen-bond donors (Lipinski definition) is 2. The van der Waals surface area contributed by atoms with E-state index in [4.69, 9.17) is 5.14 Å². The fraction of sp³-hybridized carbons (Fsp3) is 0.222. The Balaban J connectivity index is 1.72. The molecule has 1 aromatic heterocycles. The van der Waals surface area contributed by atoms with Crippen molar-refractivity contribution in [2.45, 2.75) is 29.7 Å². The molecule has 0 aliphatic carbocycles. The van der Waals surface area contributed by atoms with E-state index < -0.39 is 27.7 Å². The first-order chi connectivity index (χ1) is 14.0. The molecule has 0 bridgehead atoms. The van der Waals surface area contributed by atoms with Gasteiger partial charge in [0.15, 0.2) is 5.16 Å². The standard InChI is InChI=1S/C18H17F3N4O3S2/c1-2-25-15-8-7-13(30(22,27)28)9-14(15)24-17(25)29-10-16(26)23-12-5-3-11(4-6-12)18(19,20)21/h3-9H,2,10H2,1H3,(H,23,26)(H2,22,27,28). The molecule has 0 spiro atoms. The molecule has 3 aromatic rings. The van der Waals surface area contributed by atoms with Crippen LogP contribution in [0.25, 0.3) is 11.0 Å². The van der Waals surface area contributed by atoms with E-state index in [0.29, 0.717) is 22.7 Å². The van der Waals surface area contributed by atoms with E-state index >= 15 is 0 Å². The first-order valence-corrected chi connectivity index (χ1v) is 11.1. The first kappa shape index (κ1) is 22.1. The number of amides is 1. The van der Waals surface area contributed by atoms with Gasteiger partial charge in [-0.15, -0.1) is 0 Å². The van der Waals surface area contributed by atoms with E-state index in [-0.39, 0.29) is 16.3 Å². The maximum Gasteiger partial charge on any atom is 0.416 e. The summed E-state index contributed by atoms with van der Waals surface area (Å²) in [5, 5.41) is 8.18. The van der Waals surface area contributed by atoms with Gasteiger partial charge in [0, 0.05) is 12.2 Å². The van der Waals surface area contributed by atoms with Crippen molar-refractivity contribution >= 4 is 44.4 Å². The number of aromatic nitrogens is 2. The van der Waals surface area contributed by atoms with Crippen LogP contribution in [0.2, 0.25) is 0 Å². The zero-order valence-electron chi connectivity index (χ0n) is 15.6. The van der Waals surface area contributed by atoms with Crippen molar-refractivity contribution in [2.24, 2.45) is 5.14 Å². The minimum absolute atomic E-state index is 0.0353. The summed E-state index contributed by atoms with van der Waals surface area (Å²) in [4.78, 5) is 16.5. The summed E-state index contributed by atoms with van der Waals surface area (Å²) in [6.45, 7) is 2.41. The summed E-state index contributed by atoms with van der Waals surface area (Å²) in [7, 11) is -3.87. The number of carbonyl (C=O) groups is 1. The fourth-order valence-corrected chi connectivity index (χ4v) is 4.16. The topological polar surface area (TPSA) is 107 Å². The summed E-state index contributed by atoms with van der Waals surface area (Å²) in [5.41, 5.74) is 0.561. The number of fused-ring (bicyclic) bond motifs is 1. The lowest BCUT2D eigenvalue weighted by atomic mass is 10.2. The van der Waals surface area contributed by atoms with Crippen LogP contribution in [-0.4, -0.2) is 29.6 Å². The predicted octanol–water partition coefficient (Wildman–Crippen LogP) is 3.45. The molecule has 2 aromatic carbocycles. The molecule has 160 valence electrons. The zero-order valence-corrected chi connectivity index (χ0v) is 17.2. The largest absolute Gasteiger partial charge is 0.416 e. The van der Waals surface area contributed by atoms with Crippen LogP contribution >= 0.6 is 11.8 Å². The van der Waals surface area contributed by atoms with Crippen LogP contribution in [0.4, 0.5) is 18.9 Å². The van der Waals surface area contributed by atoms with Crippen LogP contribution in [-0.2, 0) is 27.5 Å². The number of anilines is 1. The lowest BCUT2D eigenvalue weighted by molar-refractivity contribution is -0.137. The van der Waals surface area contributed by atoms with Crippen LogP contribution in [0, 0.1) is 0 Å². The molecule has 1 heterocycles. The average molecular weight is 458 g/mol. The molecule has 0 radical (unpaired) electrons. The Morgan fingerprint density at radius 3 is 2.43 bits per heavy atom. The smallest absolute Gasteiger partial charge is 0.325 e. The van der Waals surface area contributed by atoms with Gasteiger partial charge in [-0.05, 0) is 49.4 Å². The van der Waals surface area contributed by atoms with Crippen LogP contribution in [0.3, 0.4) is 0 Å². The van der Waals surface area contributed by atoms with Gasteiger partial charge in [0.2, 0.25) is 15.9 Å². The lowest BCUT2D eigenvalue weighted by Crippen LogP contribution is -2.15. The summed E-state index contributed by atoms with van der Waals surface area (Å²) < 4.78 is 62.7. The number of hydrogen-bond acceptors (Lipinski definition) is 5. The maximum atomic E-state index is 12.6. The highest BCUT2D eigenvalue weighted by Crippen LogP contribution is 2.30. The number of nitrogens with zero attached hydrogens (tertiary/aromatic N) is 2. The number of primary sulfonamides is 1. The molecule has 0 aliphatic heterocycles. The summed E-state index contributed by atoms with van der Waals surface area (Å²) >= 11 is 1.12. The van der Waals surface area contributed by atoms with Gasteiger partial charge in [0.1, 0.15) is 0 Å². The van der Waals surface area contributed by atoms with E-state index in [1.165, 1.54) is 24.3 Å². The minimum Gasteiger partial charge on any atom is -0.325 e.